The first-order valence-corrected chi connectivity index (χ1v) is 7.61. The number of benzene rings is 1. The summed E-state index contributed by atoms with van der Waals surface area (Å²) < 4.78 is 10.7. The number of amides is 1. The van der Waals surface area contributed by atoms with Crippen molar-refractivity contribution in [2.24, 2.45) is 0 Å². The van der Waals surface area contributed by atoms with Crippen LogP contribution in [0.25, 0.3) is 0 Å². The molecule has 0 bridgehead atoms. The van der Waals surface area contributed by atoms with E-state index in [-0.39, 0.29) is 23.3 Å². The molecule has 1 aromatic carbocycles. The number of furan rings is 1. The fourth-order valence-corrected chi connectivity index (χ4v) is 2.19. The molecular formula is C18H21NO5. The van der Waals surface area contributed by atoms with Gasteiger partial charge in [-0.3, -0.25) is 4.79 Å². The number of carboxylic acids is 1. The highest BCUT2D eigenvalue weighted by Gasteiger charge is 2.18. The van der Waals surface area contributed by atoms with Crippen molar-refractivity contribution in [2.75, 3.05) is 13.2 Å². The van der Waals surface area contributed by atoms with E-state index in [1.807, 2.05) is 24.3 Å². The van der Waals surface area contributed by atoms with Gasteiger partial charge in [-0.15, -0.1) is 0 Å². The van der Waals surface area contributed by atoms with Crippen LogP contribution in [0.15, 0.2) is 41.0 Å². The third-order valence-corrected chi connectivity index (χ3v) is 3.41. The number of carboxylic acid groups (broad SMARTS) is 1. The van der Waals surface area contributed by atoms with Gasteiger partial charge in [-0.1, -0.05) is 39.0 Å². The predicted octanol–water partition coefficient (Wildman–Crippen LogP) is 3.08. The Labute approximate surface area is 140 Å². The largest absolute Gasteiger partial charge is 0.491 e. The van der Waals surface area contributed by atoms with Crippen LogP contribution in [0.4, 0.5) is 0 Å². The number of rotatable bonds is 6. The number of carbonyl (C=O) groups excluding carboxylic acids is 1. The molecule has 0 aliphatic carbocycles. The van der Waals surface area contributed by atoms with Crippen LogP contribution in [0.5, 0.6) is 5.75 Å². The quantitative estimate of drug-likeness (QED) is 0.794. The minimum Gasteiger partial charge on any atom is -0.491 e. The van der Waals surface area contributed by atoms with Gasteiger partial charge in [0.25, 0.3) is 5.91 Å². The van der Waals surface area contributed by atoms with Crippen LogP contribution in [-0.2, 0) is 5.41 Å². The zero-order valence-corrected chi connectivity index (χ0v) is 14.0. The smallest absolute Gasteiger partial charge is 0.338 e. The Kier molecular flexibility index (Phi) is 5.28. The molecule has 2 N–H and O–H groups in total. The topological polar surface area (TPSA) is 88.8 Å². The lowest BCUT2D eigenvalue weighted by Crippen LogP contribution is -2.28. The molecule has 2 rings (SSSR count). The summed E-state index contributed by atoms with van der Waals surface area (Å²) in [6.07, 6.45) is 1.04. The average molecular weight is 331 g/mol. The molecule has 0 aliphatic heterocycles. The second-order valence-corrected chi connectivity index (χ2v) is 6.36. The first-order valence-electron chi connectivity index (χ1n) is 7.61. The molecule has 0 spiro atoms. The van der Waals surface area contributed by atoms with Crippen molar-refractivity contribution in [3.63, 3.8) is 0 Å². The summed E-state index contributed by atoms with van der Waals surface area (Å²) in [6.45, 7) is 6.89. The highest BCUT2D eigenvalue weighted by atomic mass is 16.5. The standard InChI is InChI=1S/C18H21NO5/c1-18(2,3)13-6-4-5-7-14(13)23-9-8-19-16(20)15-10-12(11-24-15)17(21)22/h4-7,10-11H,8-9H2,1-3H3,(H,19,20)(H,21,22). The number of carbonyl (C=O) groups is 2. The van der Waals surface area contributed by atoms with Crippen LogP contribution >= 0.6 is 0 Å². The summed E-state index contributed by atoms with van der Waals surface area (Å²) >= 11 is 0. The van der Waals surface area contributed by atoms with E-state index < -0.39 is 11.9 Å². The Morgan fingerprint density at radius 3 is 2.58 bits per heavy atom. The molecule has 1 aromatic heterocycles. The Morgan fingerprint density at radius 1 is 1.25 bits per heavy atom. The molecular weight excluding hydrogens is 310 g/mol. The Balaban J connectivity index is 1.87. The Hall–Kier alpha value is -2.76. The number of nitrogens with one attached hydrogen (secondary N) is 1. The number of para-hydroxylation sites is 1. The fraction of sp³-hybridized carbons (Fsp3) is 0.333. The van der Waals surface area contributed by atoms with Crippen LogP contribution in [-0.4, -0.2) is 30.1 Å². The fourth-order valence-electron chi connectivity index (χ4n) is 2.19. The highest BCUT2D eigenvalue weighted by Crippen LogP contribution is 2.30. The van der Waals surface area contributed by atoms with E-state index in [0.717, 1.165) is 17.6 Å². The molecule has 0 saturated heterocycles. The van der Waals surface area contributed by atoms with E-state index in [1.165, 1.54) is 6.07 Å². The van der Waals surface area contributed by atoms with Crippen LogP contribution in [0.1, 0.15) is 47.2 Å². The van der Waals surface area contributed by atoms with Gasteiger partial charge >= 0.3 is 5.97 Å². The average Bonchev–Trinajstić information content (AvgIpc) is 3.01. The third kappa shape index (κ3) is 4.38. The number of hydrogen-bond acceptors (Lipinski definition) is 4. The first kappa shape index (κ1) is 17.6. The van der Waals surface area contributed by atoms with Crippen molar-refractivity contribution < 1.29 is 23.8 Å². The monoisotopic (exact) mass is 331 g/mol. The Bertz CT molecular complexity index is 727. The molecule has 0 unspecified atom stereocenters. The maximum Gasteiger partial charge on any atom is 0.338 e. The van der Waals surface area contributed by atoms with E-state index in [0.29, 0.717) is 6.61 Å². The summed E-state index contributed by atoms with van der Waals surface area (Å²) in [7, 11) is 0. The maximum atomic E-state index is 11.9. The summed E-state index contributed by atoms with van der Waals surface area (Å²) in [4.78, 5) is 22.6. The van der Waals surface area contributed by atoms with Crippen LogP contribution in [0, 0.1) is 0 Å². The van der Waals surface area contributed by atoms with E-state index in [4.69, 9.17) is 14.3 Å². The van der Waals surface area contributed by atoms with Gasteiger partial charge in [-0.05, 0) is 17.0 Å². The van der Waals surface area contributed by atoms with Gasteiger partial charge in [0, 0.05) is 6.07 Å². The van der Waals surface area contributed by atoms with Gasteiger partial charge in [0.2, 0.25) is 0 Å². The molecule has 1 amide bonds. The van der Waals surface area contributed by atoms with Crippen molar-refractivity contribution >= 4 is 11.9 Å². The number of aromatic carboxylic acids is 1. The van der Waals surface area contributed by atoms with Crippen LogP contribution in [0.3, 0.4) is 0 Å². The summed E-state index contributed by atoms with van der Waals surface area (Å²) in [5, 5.41) is 11.4. The molecule has 0 atom stereocenters. The van der Waals surface area contributed by atoms with Gasteiger partial charge in [0.1, 0.15) is 18.6 Å². The van der Waals surface area contributed by atoms with Crippen molar-refractivity contribution in [1.29, 1.82) is 0 Å². The summed E-state index contributed by atoms with van der Waals surface area (Å²) in [6, 6.07) is 8.97. The molecule has 6 nitrogen and oxygen atoms in total. The van der Waals surface area contributed by atoms with E-state index in [1.54, 1.807) is 0 Å². The molecule has 0 fully saturated rings. The number of ether oxygens (including phenoxy) is 1. The SMILES string of the molecule is CC(C)(C)c1ccccc1OCCNC(=O)c1cc(C(=O)O)co1. The van der Waals surface area contributed by atoms with Crippen LogP contribution in [0.2, 0.25) is 0 Å². The zero-order valence-electron chi connectivity index (χ0n) is 14.0. The highest BCUT2D eigenvalue weighted by molar-refractivity contribution is 5.95. The minimum absolute atomic E-state index is 0.0394. The van der Waals surface area contributed by atoms with Crippen molar-refractivity contribution in [3.8, 4) is 5.75 Å². The second kappa shape index (κ2) is 7.21. The predicted molar refractivity (Wildman–Crippen MR) is 88.6 cm³/mol. The molecule has 0 saturated carbocycles. The van der Waals surface area contributed by atoms with Gasteiger partial charge < -0.3 is 19.6 Å². The van der Waals surface area contributed by atoms with E-state index >= 15 is 0 Å². The normalized spacial score (nSPS) is 11.1. The van der Waals surface area contributed by atoms with Crippen molar-refractivity contribution in [2.45, 2.75) is 26.2 Å². The lowest BCUT2D eigenvalue weighted by molar-refractivity contribution is 0.0696. The van der Waals surface area contributed by atoms with Gasteiger partial charge in [-0.2, -0.15) is 0 Å². The van der Waals surface area contributed by atoms with E-state index in [9.17, 15) is 9.59 Å². The molecule has 0 radical (unpaired) electrons. The lowest BCUT2D eigenvalue weighted by Gasteiger charge is -2.22. The van der Waals surface area contributed by atoms with Crippen molar-refractivity contribution in [3.05, 3.63) is 53.5 Å². The van der Waals surface area contributed by atoms with Crippen LogP contribution < -0.4 is 10.1 Å². The zero-order chi connectivity index (χ0) is 17.7. The minimum atomic E-state index is -1.14. The second-order valence-electron chi connectivity index (χ2n) is 6.36. The van der Waals surface area contributed by atoms with Gasteiger partial charge in [0.15, 0.2) is 5.76 Å². The molecule has 2 aromatic rings. The summed E-state index contributed by atoms with van der Waals surface area (Å²) in [5.74, 6) is -0.872. The van der Waals surface area contributed by atoms with Gasteiger partial charge in [0.05, 0.1) is 12.1 Å². The third-order valence-electron chi connectivity index (χ3n) is 3.41. The van der Waals surface area contributed by atoms with Gasteiger partial charge in [-0.25, -0.2) is 4.79 Å². The lowest BCUT2D eigenvalue weighted by atomic mass is 9.86. The summed E-state index contributed by atoms with van der Waals surface area (Å²) in [5.41, 5.74) is 0.991. The van der Waals surface area contributed by atoms with E-state index in [2.05, 4.69) is 26.1 Å². The maximum absolute atomic E-state index is 11.9. The Morgan fingerprint density at radius 2 is 1.96 bits per heavy atom. The molecule has 1 heterocycles. The van der Waals surface area contributed by atoms with Crippen molar-refractivity contribution in [1.82, 2.24) is 5.32 Å². The molecule has 24 heavy (non-hydrogen) atoms. The number of hydrogen-bond donors (Lipinski definition) is 2. The first-order chi connectivity index (χ1) is 11.3. The molecule has 6 heteroatoms. The molecule has 128 valence electrons. The molecule has 0 aliphatic rings.